The Balaban J connectivity index is 1.83. The van der Waals surface area contributed by atoms with Crippen molar-refractivity contribution >= 4 is 12.0 Å². The molecule has 16 heavy (non-hydrogen) atoms. The summed E-state index contributed by atoms with van der Waals surface area (Å²) in [6.45, 7) is 1.00. The van der Waals surface area contributed by atoms with Crippen LogP contribution in [0.5, 0.6) is 0 Å². The van der Waals surface area contributed by atoms with Gasteiger partial charge in [-0.15, -0.1) is 0 Å². The Kier molecular flexibility index (Phi) is 3.31. The topological polar surface area (TPSA) is 69.6 Å². The van der Waals surface area contributed by atoms with E-state index in [1.807, 2.05) is 0 Å². The molecule has 0 aromatic carbocycles. The molecule has 1 unspecified atom stereocenters. The van der Waals surface area contributed by atoms with Crippen LogP contribution in [0.15, 0.2) is 0 Å². The molecule has 5 nitrogen and oxygen atoms in total. The van der Waals surface area contributed by atoms with Gasteiger partial charge in [0.25, 0.3) is 0 Å². The lowest BCUT2D eigenvalue weighted by Crippen LogP contribution is -2.32. The number of amides is 2. The number of rotatable bonds is 4. The largest absolute Gasteiger partial charge is 0.481 e. The molecule has 2 amide bonds. The van der Waals surface area contributed by atoms with E-state index in [1.165, 1.54) is 25.7 Å². The molecule has 0 bridgehead atoms. The molecule has 1 aliphatic carbocycles. The molecule has 2 rings (SSSR count). The summed E-state index contributed by atoms with van der Waals surface area (Å²) in [6.07, 6.45) is 4.93. The molecular weight excluding hydrogens is 208 g/mol. The van der Waals surface area contributed by atoms with Crippen molar-refractivity contribution in [3.05, 3.63) is 0 Å². The zero-order valence-electron chi connectivity index (χ0n) is 9.32. The van der Waals surface area contributed by atoms with Gasteiger partial charge >= 0.3 is 12.0 Å². The van der Waals surface area contributed by atoms with E-state index in [0.29, 0.717) is 19.0 Å². The molecule has 0 spiro atoms. The van der Waals surface area contributed by atoms with Crippen LogP contribution in [0.4, 0.5) is 4.79 Å². The van der Waals surface area contributed by atoms with Gasteiger partial charge in [0, 0.05) is 13.1 Å². The summed E-state index contributed by atoms with van der Waals surface area (Å²) in [7, 11) is 0. The van der Waals surface area contributed by atoms with E-state index in [0.717, 1.165) is 0 Å². The molecule has 1 aliphatic heterocycles. The summed E-state index contributed by atoms with van der Waals surface area (Å²) < 4.78 is 0. The Hall–Kier alpha value is -1.26. The van der Waals surface area contributed by atoms with Crippen molar-refractivity contribution in [1.82, 2.24) is 10.2 Å². The molecule has 2 N–H and O–H groups in total. The number of carbonyl (C=O) groups is 2. The second-order valence-electron chi connectivity index (χ2n) is 4.69. The predicted octanol–water partition coefficient (Wildman–Crippen LogP) is 1.05. The van der Waals surface area contributed by atoms with Crippen LogP contribution in [0.1, 0.15) is 32.1 Å². The van der Waals surface area contributed by atoms with Gasteiger partial charge in [-0.25, -0.2) is 4.79 Å². The number of urea groups is 1. The summed E-state index contributed by atoms with van der Waals surface area (Å²) in [5.41, 5.74) is 0. The van der Waals surface area contributed by atoms with Crippen molar-refractivity contribution in [2.45, 2.75) is 38.1 Å². The highest BCUT2D eigenvalue weighted by Gasteiger charge is 2.35. The van der Waals surface area contributed by atoms with Crippen molar-refractivity contribution in [3.63, 3.8) is 0 Å². The van der Waals surface area contributed by atoms with Crippen molar-refractivity contribution in [1.29, 1.82) is 0 Å². The smallest absolute Gasteiger partial charge is 0.317 e. The van der Waals surface area contributed by atoms with Crippen molar-refractivity contribution in [2.24, 2.45) is 5.92 Å². The molecule has 1 saturated carbocycles. The minimum Gasteiger partial charge on any atom is -0.481 e. The van der Waals surface area contributed by atoms with Crippen LogP contribution in [0.25, 0.3) is 0 Å². The summed E-state index contributed by atoms with van der Waals surface area (Å²) in [4.78, 5) is 23.6. The Labute approximate surface area is 94.8 Å². The quantitative estimate of drug-likeness (QED) is 0.752. The molecule has 5 heteroatoms. The minimum atomic E-state index is -0.850. The second kappa shape index (κ2) is 4.72. The third-order valence-electron chi connectivity index (χ3n) is 3.58. The summed E-state index contributed by atoms with van der Waals surface area (Å²) >= 11 is 0. The van der Waals surface area contributed by atoms with Crippen LogP contribution < -0.4 is 5.32 Å². The highest BCUT2D eigenvalue weighted by Crippen LogP contribution is 2.29. The van der Waals surface area contributed by atoms with Crippen molar-refractivity contribution in [3.8, 4) is 0 Å². The fourth-order valence-electron chi connectivity index (χ4n) is 2.67. The van der Waals surface area contributed by atoms with Gasteiger partial charge in [-0.05, 0) is 18.8 Å². The lowest BCUT2D eigenvalue weighted by atomic mass is 9.99. The predicted molar refractivity (Wildman–Crippen MR) is 58.1 cm³/mol. The standard InChI is InChI=1S/C11H18N2O3/c14-10(15)5-6-13-7-9(12-11(13)16)8-3-1-2-4-8/h8-9H,1-7H2,(H,12,16)(H,14,15). The number of carbonyl (C=O) groups excluding carboxylic acids is 1. The zero-order chi connectivity index (χ0) is 11.5. The van der Waals surface area contributed by atoms with E-state index in [4.69, 9.17) is 5.11 Å². The van der Waals surface area contributed by atoms with E-state index in [1.54, 1.807) is 4.90 Å². The first-order valence-corrected chi connectivity index (χ1v) is 5.94. The Morgan fingerprint density at radius 3 is 2.75 bits per heavy atom. The lowest BCUT2D eigenvalue weighted by molar-refractivity contribution is -0.137. The third-order valence-corrected chi connectivity index (χ3v) is 3.58. The number of hydrogen-bond donors (Lipinski definition) is 2. The first kappa shape index (κ1) is 11.2. The molecule has 1 atom stereocenters. The highest BCUT2D eigenvalue weighted by molar-refractivity contribution is 5.77. The van der Waals surface area contributed by atoms with Crippen LogP contribution in [-0.4, -0.2) is 41.1 Å². The maximum atomic E-state index is 11.6. The molecule has 0 aromatic heterocycles. The van der Waals surface area contributed by atoms with Crippen LogP contribution in [0.3, 0.4) is 0 Å². The fraction of sp³-hybridized carbons (Fsp3) is 0.818. The molecule has 1 heterocycles. The number of carboxylic acids is 1. The van der Waals surface area contributed by atoms with Crippen LogP contribution >= 0.6 is 0 Å². The van der Waals surface area contributed by atoms with E-state index >= 15 is 0 Å². The number of nitrogens with one attached hydrogen (secondary N) is 1. The Bertz CT molecular complexity index is 287. The highest BCUT2D eigenvalue weighted by atomic mass is 16.4. The first-order chi connectivity index (χ1) is 7.66. The molecule has 0 aromatic rings. The Morgan fingerprint density at radius 2 is 2.12 bits per heavy atom. The average Bonchev–Trinajstić information content (AvgIpc) is 2.83. The van der Waals surface area contributed by atoms with Gasteiger partial charge in [0.1, 0.15) is 0 Å². The molecule has 1 saturated heterocycles. The summed E-state index contributed by atoms with van der Waals surface area (Å²) in [5.74, 6) is -0.254. The SMILES string of the molecule is O=C(O)CCN1CC(C2CCCC2)NC1=O. The van der Waals surface area contributed by atoms with Gasteiger partial charge in [0.2, 0.25) is 0 Å². The van der Waals surface area contributed by atoms with E-state index in [2.05, 4.69) is 5.32 Å². The van der Waals surface area contributed by atoms with Crippen LogP contribution in [0, 0.1) is 5.92 Å². The van der Waals surface area contributed by atoms with Crippen LogP contribution in [0.2, 0.25) is 0 Å². The van der Waals surface area contributed by atoms with Crippen LogP contribution in [-0.2, 0) is 4.79 Å². The number of hydrogen-bond acceptors (Lipinski definition) is 2. The maximum Gasteiger partial charge on any atom is 0.317 e. The van der Waals surface area contributed by atoms with Gasteiger partial charge in [-0.3, -0.25) is 4.79 Å². The zero-order valence-corrected chi connectivity index (χ0v) is 9.32. The second-order valence-corrected chi connectivity index (χ2v) is 4.69. The van der Waals surface area contributed by atoms with E-state index in [-0.39, 0.29) is 18.5 Å². The van der Waals surface area contributed by atoms with Crippen molar-refractivity contribution in [2.75, 3.05) is 13.1 Å². The number of aliphatic carboxylic acids is 1. The monoisotopic (exact) mass is 226 g/mol. The fourth-order valence-corrected chi connectivity index (χ4v) is 2.67. The lowest BCUT2D eigenvalue weighted by Gasteiger charge is -2.17. The molecule has 90 valence electrons. The summed E-state index contributed by atoms with van der Waals surface area (Å²) in [6, 6.07) is 0.141. The summed E-state index contributed by atoms with van der Waals surface area (Å²) in [5, 5.41) is 11.5. The minimum absolute atomic E-state index is 0.0325. The maximum absolute atomic E-state index is 11.6. The molecule has 2 fully saturated rings. The van der Waals surface area contributed by atoms with E-state index < -0.39 is 5.97 Å². The number of nitrogens with zero attached hydrogens (tertiary/aromatic N) is 1. The molecular formula is C11H18N2O3. The van der Waals surface area contributed by atoms with Gasteiger partial charge in [-0.2, -0.15) is 0 Å². The molecule has 0 radical (unpaired) electrons. The normalized spacial score (nSPS) is 26.1. The van der Waals surface area contributed by atoms with E-state index in [9.17, 15) is 9.59 Å². The average molecular weight is 226 g/mol. The van der Waals surface area contributed by atoms with Gasteiger partial charge in [0.15, 0.2) is 0 Å². The van der Waals surface area contributed by atoms with Crippen molar-refractivity contribution < 1.29 is 14.7 Å². The van der Waals surface area contributed by atoms with Gasteiger partial charge in [0.05, 0.1) is 12.5 Å². The molecule has 2 aliphatic rings. The number of carboxylic acid groups (broad SMARTS) is 1. The first-order valence-electron chi connectivity index (χ1n) is 5.94. The Morgan fingerprint density at radius 1 is 1.44 bits per heavy atom. The van der Waals surface area contributed by atoms with Gasteiger partial charge in [-0.1, -0.05) is 12.8 Å². The third kappa shape index (κ3) is 2.46. The van der Waals surface area contributed by atoms with Gasteiger partial charge < -0.3 is 15.3 Å².